The molecule has 1 N–H and O–H groups in total. The Bertz CT molecular complexity index is 1300. The average Bonchev–Trinajstić information content (AvgIpc) is 3.46. The maximum Gasteiger partial charge on any atom is 0.338 e. The second-order valence-electron chi connectivity index (χ2n) is 13.8. The quantitative estimate of drug-likeness (QED) is 0.295. The van der Waals surface area contributed by atoms with Gasteiger partial charge in [-0.1, -0.05) is 45.9 Å². The number of esters is 4. The van der Waals surface area contributed by atoms with Crippen molar-refractivity contribution in [3.63, 3.8) is 0 Å². The van der Waals surface area contributed by atoms with Gasteiger partial charge in [-0.3, -0.25) is 14.4 Å². The maximum atomic E-state index is 13.4. The first kappa shape index (κ1) is 32.4. The number of fused-ring (bicyclic) bond motifs is 3. The third kappa shape index (κ3) is 5.41. The van der Waals surface area contributed by atoms with Crippen LogP contribution in [0.1, 0.15) is 78.6 Å². The second-order valence-corrected chi connectivity index (χ2v) is 13.8. The highest BCUT2D eigenvalue weighted by Gasteiger charge is 2.76. The minimum absolute atomic E-state index is 0.0460. The van der Waals surface area contributed by atoms with E-state index in [0.717, 1.165) is 0 Å². The minimum atomic E-state index is -1.25. The molecule has 11 nitrogen and oxygen atoms in total. The molecule has 4 fully saturated rings. The summed E-state index contributed by atoms with van der Waals surface area (Å²) in [5.41, 5.74) is -3.02. The largest absolute Gasteiger partial charge is 0.462 e. The average molecular weight is 617 g/mol. The van der Waals surface area contributed by atoms with E-state index < -0.39 is 95.1 Å². The Morgan fingerprint density at radius 1 is 0.841 bits per heavy atom. The van der Waals surface area contributed by atoms with Gasteiger partial charge in [0.05, 0.1) is 17.6 Å². The molecule has 1 aliphatic carbocycles. The van der Waals surface area contributed by atoms with Gasteiger partial charge in [-0.2, -0.15) is 0 Å². The zero-order valence-corrected chi connectivity index (χ0v) is 26.6. The summed E-state index contributed by atoms with van der Waals surface area (Å²) in [5.74, 6) is -3.62. The Morgan fingerprint density at radius 2 is 1.43 bits per heavy atom. The van der Waals surface area contributed by atoms with Gasteiger partial charge in [0.1, 0.15) is 47.8 Å². The minimum Gasteiger partial charge on any atom is -0.462 e. The van der Waals surface area contributed by atoms with Crippen LogP contribution in [-0.2, 0) is 42.8 Å². The molecule has 11 heteroatoms. The Kier molecular flexibility index (Phi) is 8.39. The van der Waals surface area contributed by atoms with Gasteiger partial charge >= 0.3 is 23.9 Å². The lowest BCUT2D eigenvalue weighted by molar-refractivity contribution is -0.201. The fraction of sp³-hybridized carbons (Fsp3) is 0.697. The van der Waals surface area contributed by atoms with Gasteiger partial charge < -0.3 is 33.5 Å². The lowest BCUT2D eigenvalue weighted by Crippen LogP contribution is -2.54. The number of aliphatic hydroxyl groups excluding tert-OH is 1. The fourth-order valence-electron chi connectivity index (χ4n) is 8.04. The van der Waals surface area contributed by atoms with Gasteiger partial charge in [0.15, 0.2) is 0 Å². The molecule has 1 spiro atoms. The first-order chi connectivity index (χ1) is 20.5. The number of hydrogen-bond acceptors (Lipinski definition) is 11. The number of ether oxygens (including phenoxy) is 6. The summed E-state index contributed by atoms with van der Waals surface area (Å²) >= 11 is 0. The van der Waals surface area contributed by atoms with Gasteiger partial charge in [0, 0.05) is 38.5 Å². The van der Waals surface area contributed by atoms with E-state index in [9.17, 15) is 24.3 Å². The number of carbonyl (C=O) groups excluding carboxylic acids is 4. The third-order valence-corrected chi connectivity index (χ3v) is 10.3. The number of hydrogen-bond donors (Lipinski definition) is 1. The Labute approximate surface area is 257 Å². The lowest BCUT2D eigenvalue weighted by Gasteiger charge is -2.43. The molecule has 1 aromatic carbocycles. The van der Waals surface area contributed by atoms with Crippen LogP contribution in [-0.4, -0.2) is 82.9 Å². The van der Waals surface area contributed by atoms with Gasteiger partial charge in [-0.25, -0.2) is 4.79 Å². The summed E-state index contributed by atoms with van der Waals surface area (Å²) in [4.78, 5) is 50.7. The summed E-state index contributed by atoms with van der Waals surface area (Å²) in [6.07, 6.45) is -5.62. The van der Waals surface area contributed by atoms with Crippen molar-refractivity contribution in [3.05, 3.63) is 35.9 Å². The highest BCUT2D eigenvalue weighted by molar-refractivity contribution is 5.89. The van der Waals surface area contributed by atoms with Gasteiger partial charge in [-0.05, 0) is 31.4 Å². The molecular formula is C33H44O11. The summed E-state index contributed by atoms with van der Waals surface area (Å²) in [5, 5.41) is 12.1. The monoisotopic (exact) mass is 616 g/mol. The maximum absolute atomic E-state index is 13.4. The summed E-state index contributed by atoms with van der Waals surface area (Å²) in [7, 11) is 0. The Balaban J connectivity index is 1.65. The zero-order valence-electron chi connectivity index (χ0n) is 26.6. The molecule has 5 rings (SSSR count). The van der Waals surface area contributed by atoms with Crippen molar-refractivity contribution in [2.45, 2.75) is 122 Å². The summed E-state index contributed by atoms with van der Waals surface area (Å²) in [6, 6.07) is 8.65. The van der Waals surface area contributed by atoms with Crippen molar-refractivity contribution in [1.82, 2.24) is 0 Å². The van der Waals surface area contributed by atoms with Crippen LogP contribution in [0.5, 0.6) is 0 Å². The predicted octanol–water partition coefficient (Wildman–Crippen LogP) is 3.39. The molecule has 1 saturated carbocycles. The zero-order chi connectivity index (χ0) is 32.4. The fourth-order valence-corrected chi connectivity index (χ4v) is 8.04. The highest BCUT2D eigenvalue weighted by Crippen LogP contribution is 2.62. The molecule has 0 amide bonds. The van der Waals surface area contributed by atoms with E-state index in [1.807, 2.05) is 13.8 Å². The number of benzene rings is 1. The van der Waals surface area contributed by atoms with Crippen LogP contribution in [0.2, 0.25) is 0 Å². The van der Waals surface area contributed by atoms with Crippen molar-refractivity contribution in [1.29, 1.82) is 0 Å². The van der Waals surface area contributed by atoms with Crippen molar-refractivity contribution in [2.24, 2.45) is 23.2 Å². The number of rotatable bonds is 5. The summed E-state index contributed by atoms with van der Waals surface area (Å²) in [6.45, 7) is 13.1. The highest BCUT2D eigenvalue weighted by atomic mass is 16.7. The van der Waals surface area contributed by atoms with E-state index in [4.69, 9.17) is 28.4 Å². The molecule has 0 unspecified atom stereocenters. The van der Waals surface area contributed by atoms with Crippen LogP contribution in [0.4, 0.5) is 0 Å². The number of carbonyl (C=O) groups is 4. The standard InChI is InChI=1S/C33H44O11/c1-16-15-33-24(25(16)42-30(38)21-12-10-9-11-13-21)28-32(8,44-28)23(40-19(4)35)14-22(39-18(3)34)31(6,7)29(41-20(5)36)26(43-33)17(2)27(33)37/h9-13,16-17,22-29,37H,14-15H2,1-8H3/t16-,17+,22+,23+,24+,25-,26+,27-,28+,29-,32+,33+/m0/s1. The molecule has 3 heterocycles. The van der Waals surface area contributed by atoms with E-state index in [1.54, 1.807) is 51.1 Å². The van der Waals surface area contributed by atoms with Crippen LogP contribution in [0.15, 0.2) is 30.3 Å². The molecular weight excluding hydrogens is 572 g/mol. The topological polar surface area (TPSA) is 147 Å². The van der Waals surface area contributed by atoms with Crippen molar-refractivity contribution >= 4 is 23.9 Å². The molecule has 12 atom stereocenters. The van der Waals surface area contributed by atoms with E-state index in [-0.39, 0.29) is 12.3 Å². The van der Waals surface area contributed by atoms with E-state index in [0.29, 0.717) is 12.0 Å². The first-order valence-corrected chi connectivity index (χ1v) is 15.3. The lowest BCUT2D eigenvalue weighted by atomic mass is 9.70. The van der Waals surface area contributed by atoms with Crippen molar-refractivity contribution < 1.29 is 52.7 Å². The van der Waals surface area contributed by atoms with E-state index in [2.05, 4.69) is 0 Å². The summed E-state index contributed by atoms with van der Waals surface area (Å²) < 4.78 is 37.2. The molecule has 44 heavy (non-hydrogen) atoms. The van der Waals surface area contributed by atoms with Crippen molar-refractivity contribution in [2.75, 3.05) is 0 Å². The van der Waals surface area contributed by atoms with Crippen LogP contribution < -0.4 is 0 Å². The van der Waals surface area contributed by atoms with E-state index >= 15 is 0 Å². The molecule has 242 valence electrons. The van der Waals surface area contributed by atoms with Gasteiger partial charge in [-0.15, -0.1) is 0 Å². The molecule has 4 aliphatic rings. The van der Waals surface area contributed by atoms with Crippen LogP contribution in [0.3, 0.4) is 0 Å². The van der Waals surface area contributed by atoms with Crippen LogP contribution in [0.25, 0.3) is 0 Å². The van der Waals surface area contributed by atoms with Gasteiger partial charge in [0.25, 0.3) is 0 Å². The van der Waals surface area contributed by atoms with Crippen LogP contribution in [0, 0.1) is 23.2 Å². The molecule has 3 saturated heterocycles. The molecule has 3 aliphatic heterocycles. The number of epoxide rings is 1. The molecule has 0 aromatic heterocycles. The first-order valence-electron chi connectivity index (χ1n) is 15.3. The normalized spacial score (nSPS) is 42.1. The molecule has 2 bridgehead atoms. The van der Waals surface area contributed by atoms with Crippen molar-refractivity contribution in [3.8, 4) is 0 Å². The second kappa shape index (κ2) is 11.4. The predicted molar refractivity (Wildman–Crippen MR) is 154 cm³/mol. The van der Waals surface area contributed by atoms with Gasteiger partial charge in [0.2, 0.25) is 0 Å². The van der Waals surface area contributed by atoms with Crippen LogP contribution >= 0.6 is 0 Å². The SMILES string of the molecule is CC(=O)O[C@@H]1C[C@@H](OC(C)=O)[C@@]2(C)O[C@@H]2[C@H]2[C@@H](OC(=O)c3ccccc3)[C@@H](C)C[C@@]23O[C@H]([C@@H](C)[C@@H]3O)[C@H](OC(C)=O)C1(C)C. The van der Waals surface area contributed by atoms with E-state index in [1.165, 1.54) is 20.8 Å². The Morgan fingerprint density at radius 3 is 2.02 bits per heavy atom. The number of aliphatic hydroxyl groups is 1. The Hall–Kier alpha value is -3.02. The third-order valence-electron chi connectivity index (χ3n) is 10.3. The molecule has 1 aromatic rings. The molecule has 0 radical (unpaired) electrons. The smallest absolute Gasteiger partial charge is 0.338 e.